The third kappa shape index (κ3) is 4.93. The molecular weight excluding hydrogens is 343 g/mol. The molecule has 1 aliphatic rings. The van der Waals surface area contributed by atoms with Gasteiger partial charge >= 0.3 is 0 Å². The summed E-state index contributed by atoms with van der Waals surface area (Å²) in [7, 11) is -0.972. The topological polar surface area (TPSA) is 68.3 Å². The third-order valence-electron chi connectivity index (χ3n) is 3.98. The van der Waals surface area contributed by atoms with Crippen molar-refractivity contribution in [3.8, 4) is 0 Å². The predicted molar refractivity (Wildman–Crippen MR) is 94.3 cm³/mol. The minimum Gasteiger partial charge on any atom is -0.381 e. The number of hydrogen-bond acceptors (Lipinski definition) is 4. The highest BCUT2D eigenvalue weighted by atomic mass is 32.2. The Kier molecular flexibility index (Phi) is 5.88. The number of nitrogens with zero attached hydrogens (tertiary/aromatic N) is 1. The van der Waals surface area contributed by atoms with Gasteiger partial charge < -0.3 is 10.1 Å². The highest BCUT2D eigenvalue weighted by Gasteiger charge is 2.20. The second-order valence-corrected chi connectivity index (χ2v) is 7.55. The average molecular weight is 362 g/mol. The number of nitrogens with one attached hydrogen (secondary N) is 1. The van der Waals surface area contributed by atoms with E-state index in [4.69, 9.17) is 4.74 Å². The Morgan fingerprint density at radius 2 is 2.00 bits per heavy atom. The Hall–Kier alpha value is -2.12. The van der Waals surface area contributed by atoms with Crippen molar-refractivity contribution in [3.63, 3.8) is 0 Å². The molecule has 0 bridgehead atoms. The van der Waals surface area contributed by atoms with Crippen LogP contribution in [0.2, 0.25) is 0 Å². The van der Waals surface area contributed by atoms with Crippen LogP contribution in [-0.4, -0.2) is 33.6 Å². The Balaban J connectivity index is 1.64. The molecule has 3 rings (SSSR count). The summed E-state index contributed by atoms with van der Waals surface area (Å²) in [5.74, 6) is -0.748. The third-order valence-corrected chi connectivity index (χ3v) is 5.81. The van der Waals surface area contributed by atoms with Crippen LogP contribution in [0.1, 0.15) is 28.9 Å². The molecule has 1 aromatic heterocycles. The fourth-order valence-electron chi connectivity index (χ4n) is 2.69. The van der Waals surface area contributed by atoms with Crippen LogP contribution in [-0.2, 0) is 21.3 Å². The molecule has 1 aliphatic heterocycles. The number of hydrogen-bond donors (Lipinski definition) is 1. The molecule has 25 heavy (non-hydrogen) atoms. The number of halogens is 1. The molecule has 1 aromatic carbocycles. The molecule has 2 heterocycles. The van der Waals surface area contributed by atoms with Crippen LogP contribution in [0.5, 0.6) is 0 Å². The minimum absolute atomic E-state index is 0.0104. The molecule has 0 aliphatic carbocycles. The largest absolute Gasteiger partial charge is 0.381 e. The van der Waals surface area contributed by atoms with Gasteiger partial charge in [0.25, 0.3) is 5.91 Å². The van der Waals surface area contributed by atoms with Crippen molar-refractivity contribution in [1.29, 1.82) is 0 Å². The second kappa shape index (κ2) is 8.31. The van der Waals surface area contributed by atoms with Crippen molar-refractivity contribution in [2.24, 2.45) is 0 Å². The molecule has 5 nitrogen and oxygen atoms in total. The zero-order chi connectivity index (χ0) is 17.6. The summed E-state index contributed by atoms with van der Waals surface area (Å²) in [6.07, 6.45) is 1.63. The fourth-order valence-corrected chi connectivity index (χ4v) is 4.15. The van der Waals surface area contributed by atoms with E-state index in [1.807, 2.05) is 6.07 Å². The van der Waals surface area contributed by atoms with Gasteiger partial charge in [-0.1, -0.05) is 18.2 Å². The number of aromatic nitrogens is 1. The van der Waals surface area contributed by atoms with E-state index in [9.17, 15) is 13.4 Å². The van der Waals surface area contributed by atoms with Crippen molar-refractivity contribution in [2.45, 2.75) is 23.8 Å². The van der Waals surface area contributed by atoms with E-state index in [2.05, 4.69) is 10.3 Å². The van der Waals surface area contributed by atoms with Gasteiger partial charge in [0.2, 0.25) is 5.95 Å². The van der Waals surface area contributed by atoms with Crippen LogP contribution in [0.4, 0.5) is 10.1 Å². The van der Waals surface area contributed by atoms with Gasteiger partial charge in [0.05, 0.1) is 0 Å². The van der Waals surface area contributed by atoms with Gasteiger partial charge in [-0.2, -0.15) is 4.39 Å². The van der Waals surface area contributed by atoms with E-state index in [1.54, 1.807) is 18.2 Å². The summed E-state index contributed by atoms with van der Waals surface area (Å²) in [6, 6.07) is 11.3. The molecule has 7 heteroatoms. The normalized spacial score (nSPS) is 16.4. The number of benzene rings is 1. The monoisotopic (exact) mass is 362 g/mol. The lowest BCUT2D eigenvalue weighted by molar-refractivity contribution is 0.0991. The number of rotatable bonds is 5. The molecule has 1 fully saturated rings. The lowest BCUT2D eigenvalue weighted by Gasteiger charge is -2.21. The molecule has 1 unspecified atom stereocenters. The summed E-state index contributed by atoms with van der Waals surface area (Å²) >= 11 is 0. The highest BCUT2D eigenvalue weighted by Crippen LogP contribution is 2.19. The van der Waals surface area contributed by atoms with E-state index in [-0.39, 0.29) is 10.9 Å². The number of ether oxygens (including phenoxy) is 1. The van der Waals surface area contributed by atoms with Gasteiger partial charge in [0.15, 0.2) is 0 Å². The van der Waals surface area contributed by atoms with Crippen LogP contribution < -0.4 is 5.32 Å². The maximum atomic E-state index is 13.1. The molecule has 1 N–H and O–H groups in total. The first kappa shape index (κ1) is 17.7. The van der Waals surface area contributed by atoms with Crippen LogP contribution in [0.15, 0.2) is 42.5 Å². The first-order chi connectivity index (χ1) is 12.1. The Morgan fingerprint density at radius 1 is 1.24 bits per heavy atom. The van der Waals surface area contributed by atoms with Crippen molar-refractivity contribution in [3.05, 3.63) is 59.7 Å². The molecule has 0 saturated carbocycles. The highest BCUT2D eigenvalue weighted by molar-refractivity contribution is 7.84. The predicted octanol–water partition coefficient (Wildman–Crippen LogP) is 2.90. The lowest BCUT2D eigenvalue weighted by Crippen LogP contribution is -2.25. The van der Waals surface area contributed by atoms with Crippen molar-refractivity contribution >= 4 is 22.4 Å². The lowest BCUT2D eigenvalue weighted by atomic mass is 10.2. The SMILES string of the molecule is O=C(Nc1cccc(CS(=O)C2CCOCC2)c1)c1cccc(F)n1. The maximum Gasteiger partial charge on any atom is 0.274 e. The smallest absolute Gasteiger partial charge is 0.274 e. The number of amides is 1. The summed E-state index contributed by atoms with van der Waals surface area (Å²) in [5, 5.41) is 2.85. The zero-order valence-corrected chi connectivity index (χ0v) is 14.4. The van der Waals surface area contributed by atoms with Gasteiger partial charge in [0.1, 0.15) is 5.69 Å². The van der Waals surface area contributed by atoms with E-state index < -0.39 is 22.7 Å². The van der Waals surface area contributed by atoms with Gasteiger partial charge in [0, 0.05) is 40.7 Å². The molecule has 1 saturated heterocycles. The molecule has 2 aromatic rings. The maximum absolute atomic E-state index is 13.1. The Bertz CT molecular complexity index is 778. The first-order valence-corrected chi connectivity index (χ1v) is 9.48. The van der Waals surface area contributed by atoms with Crippen molar-refractivity contribution in [2.75, 3.05) is 18.5 Å². The van der Waals surface area contributed by atoms with Gasteiger partial charge in [-0.05, 0) is 42.7 Å². The number of anilines is 1. The fraction of sp³-hybridized carbons (Fsp3) is 0.333. The van der Waals surface area contributed by atoms with Gasteiger partial charge in [-0.3, -0.25) is 9.00 Å². The number of carbonyl (C=O) groups excluding carboxylic acids is 1. The van der Waals surface area contributed by atoms with Crippen molar-refractivity contribution in [1.82, 2.24) is 4.98 Å². The van der Waals surface area contributed by atoms with Crippen molar-refractivity contribution < 1.29 is 18.1 Å². The quantitative estimate of drug-likeness (QED) is 0.831. The van der Waals surface area contributed by atoms with Gasteiger partial charge in [-0.25, -0.2) is 4.98 Å². The van der Waals surface area contributed by atoms with Crippen LogP contribution in [0.25, 0.3) is 0 Å². The Morgan fingerprint density at radius 3 is 2.76 bits per heavy atom. The van der Waals surface area contributed by atoms with E-state index in [0.29, 0.717) is 24.7 Å². The summed E-state index contributed by atoms with van der Waals surface area (Å²) in [5.41, 5.74) is 1.46. The van der Waals surface area contributed by atoms with Crippen LogP contribution in [0.3, 0.4) is 0 Å². The van der Waals surface area contributed by atoms with Gasteiger partial charge in [-0.15, -0.1) is 0 Å². The van der Waals surface area contributed by atoms with Crippen LogP contribution in [0, 0.1) is 5.95 Å². The van der Waals surface area contributed by atoms with Crippen LogP contribution >= 0.6 is 0 Å². The average Bonchev–Trinajstić information content (AvgIpc) is 2.63. The summed E-state index contributed by atoms with van der Waals surface area (Å²) < 4.78 is 30.9. The summed E-state index contributed by atoms with van der Waals surface area (Å²) in [4.78, 5) is 15.7. The number of pyridine rings is 1. The van der Waals surface area contributed by atoms with E-state index in [0.717, 1.165) is 18.4 Å². The zero-order valence-electron chi connectivity index (χ0n) is 13.6. The number of carbonyl (C=O) groups is 1. The Labute approximate surface area is 148 Å². The molecule has 132 valence electrons. The molecule has 1 atom stereocenters. The standard InChI is InChI=1S/C18H19FN2O3S/c19-17-6-2-5-16(21-17)18(22)20-14-4-1-3-13(11-14)12-25(23)15-7-9-24-10-8-15/h1-6,11,15H,7-10,12H2,(H,20,22). The second-order valence-electron chi connectivity index (χ2n) is 5.84. The molecule has 1 amide bonds. The summed E-state index contributed by atoms with van der Waals surface area (Å²) in [6.45, 7) is 1.32. The minimum atomic E-state index is -0.972. The molecule has 0 spiro atoms. The molecular formula is C18H19FN2O3S. The van der Waals surface area contributed by atoms with E-state index in [1.165, 1.54) is 18.2 Å². The first-order valence-electron chi connectivity index (χ1n) is 8.09. The molecule has 0 radical (unpaired) electrons. The van der Waals surface area contributed by atoms with E-state index >= 15 is 0 Å².